The predicted molar refractivity (Wildman–Crippen MR) is 68.0 cm³/mol. The van der Waals surface area contributed by atoms with Crippen LogP contribution in [0.4, 0.5) is 5.69 Å². The van der Waals surface area contributed by atoms with Crippen molar-refractivity contribution in [3.05, 3.63) is 27.7 Å². The van der Waals surface area contributed by atoms with Gasteiger partial charge >= 0.3 is 0 Å². The van der Waals surface area contributed by atoms with Crippen LogP contribution >= 0.6 is 23.2 Å². The highest BCUT2D eigenvalue weighted by Gasteiger charge is 2.14. The number of nitrogens with two attached hydrogens (primary N) is 1. The van der Waals surface area contributed by atoms with E-state index in [0.29, 0.717) is 23.7 Å². The number of carbonyl (C=O) groups excluding carboxylic acids is 1. The molecule has 0 aromatic heterocycles. The van der Waals surface area contributed by atoms with E-state index in [1.165, 1.54) is 12.1 Å². The molecule has 1 rings (SSSR count). The molecule has 0 unspecified atom stereocenters. The van der Waals surface area contributed by atoms with Crippen molar-refractivity contribution in [2.45, 2.75) is 13.8 Å². The smallest absolute Gasteiger partial charge is 0.252 e. The Bertz CT molecular complexity index is 405. The van der Waals surface area contributed by atoms with Crippen molar-refractivity contribution in [1.82, 2.24) is 5.32 Å². The standard InChI is InChI=1S/C11H14Cl2N2O/c1-6(2)5-15-11(16)8-3-7(14)4-9(12)10(8)13/h3-4,6H,5,14H2,1-2H3,(H,15,16). The molecule has 0 heterocycles. The van der Waals surface area contributed by atoms with Gasteiger partial charge in [0.1, 0.15) is 0 Å². The average Bonchev–Trinajstić information content (AvgIpc) is 2.19. The number of rotatable bonds is 3. The van der Waals surface area contributed by atoms with Gasteiger partial charge in [-0.1, -0.05) is 37.0 Å². The molecule has 0 fully saturated rings. The van der Waals surface area contributed by atoms with Crippen molar-refractivity contribution in [2.24, 2.45) is 5.92 Å². The topological polar surface area (TPSA) is 55.1 Å². The van der Waals surface area contributed by atoms with Gasteiger partial charge < -0.3 is 11.1 Å². The first-order valence-electron chi connectivity index (χ1n) is 4.94. The van der Waals surface area contributed by atoms with Crippen LogP contribution in [0.1, 0.15) is 24.2 Å². The number of hydrogen-bond donors (Lipinski definition) is 2. The van der Waals surface area contributed by atoms with Crippen LogP contribution in [0, 0.1) is 5.92 Å². The summed E-state index contributed by atoms with van der Waals surface area (Å²) >= 11 is 11.8. The summed E-state index contributed by atoms with van der Waals surface area (Å²) in [6.45, 7) is 4.60. The maximum atomic E-state index is 11.8. The Labute approximate surface area is 105 Å². The lowest BCUT2D eigenvalue weighted by Crippen LogP contribution is -2.27. The molecule has 0 aliphatic rings. The highest BCUT2D eigenvalue weighted by Crippen LogP contribution is 2.28. The third-order valence-electron chi connectivity index (χ3n) is 1.97. The van der Waals surface area contributed by atoms with Crippen LogP contribution in [0.25, 0.3) is 0 Å². The Morgan fingerprint density at radius 3 is 2.62 bits per heavy atom. The largest absolute Gasteiger partial charge is 0.399 e. The second kappa shape index (κ2) is 5.41. The van der Waals surface area contributed by atoms with E-state index >= 15 is 0 Å². The summed E-state index contributed by atoms with van der Waals surface area (Å²) < 4.78 is 0. The monoisotopic (exact) mass is 260 g/mol. The summed E-state index contributed by atoms with van der Waals surface area (Å²) in [6.07, 6.45) is 0. The van der Waals surface area contributed by atoms with Gasteiger partial charge in [-0.2, -0.15) is 0 Å². The molecule has 0 aliphatic heterocycles. The fourth-order valence-corrected chi connectivity index (χ4v) is 1.59. The van der Waals surface area contributed by atoms with Gasteiger partial charge in [0, 0.05) is 12.2 Å². The molecule has 0 atom stereocenters. The summed E-state index contributed by atoms with van der Waals surface area (Å²) in [5, 5.41) is 3.28. The van der Waals surface area contributed by atoms with Gasteiger partial charge in [-0.15, -0.1) is 0 Å². The summed E-state index contributed by atoms with van der Waals surface area (Å²) in [4.78, 5) is 11.8. The second-order valence-electron chi connectivity index (χ2n) is 3.97. The average molecular weight is 261 g/mol. The predicted octanol–water partition coefficient (Wildman–Crippen LogP) is 2.96. The fourth-order valence-electron chi connectivity index (χ4n) is 1.17. The SMILES string of the molecule is CC(C)CNC(=O)c1cc(N)cc(Cl)c1Cl. The lowest BCUT2D eigenvalue weighted by Gasteiger charge is -2.10. The van der Waals surface area contributed by atoms with Crippen molar-refractivity contribution in [2.75, 3.05) is 12.3 Å². The van der Waals surface area contributed by atoms with Gasteiger partial charge in [0.15, 0.2) is 0 Å². The number of anilines is 1. The first-order chi connectivity index (χ1) is 7.41. The van der Waals surface area contributed by atoms with Crippen LogP contribution in [-0.2, 0) is 0 Å². The summed E-state index contributed by atoms with van der Waals surface area (Å²) in [5.74, 6) is 0.118. The number of benzene rings is 1. The molecule has 1 aromatic rings. The number of nitrogen functional groups attached to an aromatic ring is 1. The normalized spacial score (nSPS) is 10.6. The number of hydrogen-bond acceptors (Lipinski definition) is 2. The highest BCUT2D eigenvalue weighted by atomic mass is 35.5. The van der Waals surface area contributed by atoms with Crippen molar-refractivity contribution in [3.8, 4) is 0 Å². The molecular formula is C11H14Cl2N2O. The molecule has 5 heteroatoms. The maximum Gasteiger partial charge on any atom is 0.252 e. The zero-order valence-corrected chi connectivity index (χ0v) is 10.7. The van der Waals surface area contributed by atoms with E-state index in [-0.39, 0.29) is 16.0 Å². The van der Waals surface area contributed by atoms with E-state index in [4.69, 9.17) is 28.9 Å². The van der Waals surface area contributed by atoms with Crippen molar-refractivity contribution in [3.63, 3.8) is 0 Å². The Kier molecular flexibility index (Phi) is 4.44. The first-order valence-corrected chi connectivity index (χ1v) is 5.70. The molecule has 0 bridgehead atoms. The maximum absolute atomic E-state index is 11.8. The van der Waals surface area contributed by atoms with Crippen LogP contribution in [0.15, 0.2) is 12.1 Å². The molecule has 1 amide bonds. The lowest BCUT2D eigenvalue weighted by atomic mass is 10.1. The van der Waals surface area contributed by atoms with Gasteiger partial charge in [0.25, 0.3) is 5.91 Å². The van der Waals surface area contributed by atoms with Crippen molar-refractivity contribution >= 4 is 34.8 Å². The highest BCUT2D eigenvalue weighted by molar-refractivity contribution is 6.44. The van der Waals surface area contributed by atoms with E-state index in [1.807, 2.05) is 13.8 Å². The van der Waals surface area contributed by atoms with Gasteiger partial charge in [-0.3, -0.25) is 4.79 Å². The molecule has 0 saturated heterocycles. The third kappa shape index (κ3) is 3.29. The molecule has 3 nitrogen and oxygen atoms in total. The summed E-state index contributed by atoms with van der Waals surface area (Å²) in [6, 6.07) is 3.03. The van der Waals surface area contributed by atoms with Gasteiger partial charge in [-0.25, -0.2) is 0 Å². The first kappa shape index (κ1) is 13.1. The molecular weight excluding hydrogens is 247 g/mol. The summed E-state index contributed by atoms with van der Waals surface area (Å²) in [7, 11) is 0. The van der Waals surface area contributed by atoms with Crippen LogP contribution < -0.4 is 11.1 Å². The number of nitrogens with one attached hydrogen (secondary N) is 1. The molecule has 88 valence electrons. The van der Waals surface area contributed by atoms with E-state index in [0.717, 1.165) is 0 Å². The fraction of sp³-hybridized carbons (Fsp3) is 0.364. The van der Waals surface area contributed by atoms with Gasteiger partial charge in [0.2, 0.25) is 0 Å². The number of halogens is 2. The zero-order chi connectivity index (χ0) is 12.3. The van der Waals surface area contributed by atoms with Crippen LogP contribution in [0.5, 0.6) is 0 Å². The van der Waals surface area contributed by atoms with Gasteiger partial charge in [0.05, 0.1) is 15.6 Å². The molecule has 0 aliphatic carbocycles. The Morgan fingerprint density at radius 1 is 1.44 bits per heavy atom. The molecule has 0 spiro atoms. The number of amides is 1. The Hall–Kier alpha value is -0.930. The minimum absolute atomic E-state index is 0.233. The van der Waals surface area contributed by atoms with Crippen LogP contribution in [-0.4, -0.2) is 12.5 Å². The molecule has 0 saturated carbocycles. The third-order valence-corrected chi connectivity index (χ3v) is 2.77. The quantitative estimate of drug-likeness (QED) is 0.822. The minimum atomic E-state index is -0.257. The van der Waals surface area contributed by atoms with Gasteiger partial charge in [-0.05, 0) is 18.1 Å². The van der Waals surface area contributed by atoms with Crippen LogP contribution in [0.3, 0.4) is 0 Å². The Balaban J connectivity index is 2.91. The van der Waals surface area contributed by atoms with Crippen molar-refractivity contribution in [1.29, 1.82) is 0 Å². The van der Waals surface area contributed by atoms with E-state index in [1.54, 1.807) is 0 Å². The van der Waals surface area contributed by atoms with E-state index in [9.17, 15) is 4.79 Å². The molecule has 16 heavy (non-hydrogen) atoms. The molecule has 1 aromatic carbocycles. The number of carbonyl (C=O) groups is 1. The summed E-state index contributed by atoms with van der Waals surface area (Å²) in [5.41, 5.74) is 6.33. The zero-order valence-electron chi connectivity index (χ0n) is 9.18. The lowest BCUT2D eigenvalue weighted by molar-refractivity contribution is 0.0949. The second-order valence-corrected chi connectivity index (χ2v) is 4.75. The van der Waals surface area contributed by atoms with E-state index < -0.39 is 0 Å². The molecule has 0 radical (unpaired) electrons. The van der Waals surface area contributed by atoms with Crippen LogP contribution in [0.2, 0.25) is 10.0 Å². The van der Waals surface area contributed by atoms with E-state index in [2.05, 4.69) is 5.32 Å². The minimum Gasteiger partial charge on any atom is -0.399 e. The van der Waals surface area contributed by atoms with Crippen molar-refractivity contribution < 1.29 is 4.79 Å². The molecule has 3 N–H and O–H groups in total. The Morgan fingerprint density at radius 2 is 2.06 bits per heavy atom.